The number of hydrogen-bond acceptors (Lipinski definition) is 7. The van der Waals surface area contributed by atoms with Crippen molar-refractivity contribution in [1.82, 2.24) is 29.9 Å². The van der Waals surface area contributed by atoms with Crippen LogP contribution in [0.25, 0.3) is 0 Å². The van der Waals surface area contributed by atoms with Crippen molar-refractivity contribution >= 4 is 23.2 Å². The minimum atomic E-state index is 0.0838. The van der Waals surface area contributed by atoms with Crippen LogP contribution in [0.1, 0.15) is 0 Å². The van der Waals surface area contributed by atoms with Gasteiger partial charge in [0.2, 0.25) is 5.91 Å². The number of anilines is 3. The van der Waals surface area contributed by atoms with E-state index in [1.165, 1.54) is 0 Å². The van der Waals surface area contributed by atoms with Crippen LogP contribution in [0, 0.1) is 0 Å². The average molecular weight is 364 g/mol. The topological polar surface area (TPSA) is 92.1 Å². The van der Waals surface area contributed by atoms with Gasteiger partial charge in [-0.15, -0.1) is 10.2 Å². The lowest BCUT2D eigenvalue weighted by molar-refractivity contribution is -0.132. The molecule has 0 saturated carbocycles. The van der Waals surface area contributed by atoms with E-state index in [0.717, 1.165) is 24.6 Å². The summed E-state index contributed by atoms with van der Waals surface area (Å²) in [5, 5.41) is 15.8. The Morgan fingerprint density at radius 1 is 1.04 bits per heavy atom. The molecule has 4 heterocycles. The minimum absolute atomic E-state index is 0.0838. The van der Waals surface area contributed by atoms with E-state index in [0.29, 0.717) is 18.9 Å². The molecule has 1 aliphatic heterocycles. The maximum Gasteiger partial charge on any atom is 0.244 e. The molecule has 9 heteroatoms. The van der Waals surface area contributed by atoms with Crippen LogP contribution in [0.4, 0.5) is 17.3 Å². The monoisotopic (exact) mass is 364 g/mol. The molecule has 1 saturated heterocycles. The van der Waals surface area contributed by atoms with Gasteiger partial charge in [0.05, 0.1) is 11.9 Å². The number of nitrogens with one attached hydrogen (secondary N) is 1. The lowest BCUT2D eigenvalue weighted by Crippen LogP contribution is -2.49. The molecule has 0 spiro atoms. The quantitative estimate of drug-likeness (QED) is 0.726. The first-order valence-corrected chi connectivity index (χ1v) is 8.79. The molecule has 0 atom stereocenters. The largest absolute Gasteiger partial charge is 0.352 e. The summed E-state index contributed by atoms with van der Waals surface area (Å²) in [5.41, 5.74) is 0.865. The standard InChI is InChI=1S/C18H20N8O/c27-18(14-26-8-2-7-20-26)25-11-9-24(10-12-25)17-5-4-16(22-23-17)21-15-3-1-6-19-13-15/h1-8,13H,9-12,14H2,(H,21,22). The Hall–Kier alpha value is -3.49. The summed E-state index contributed by atoms with van der Waals surface area (Å²) in [4.78, 5) is 20.4. The number of nitrogens with zero attached hydrogens (tertiary/aromatic N) is 7. The molecule has 1 amide bonds. The Bertz CT molecular complexity index is 858. The zero-order valence-electron chi connectivity index (χ0n) is 14.8. The third-order valence-electron chi connectivity index (χ3n) is 4.40. The predicted molar refractivity (Wildman–Crippen MR) is 101 cm³/mol. The molecule has 1 aliphatic rings. The molecule has 9 nitrogen and oxygen atoms in total. The van der Waals surface area contributed by atoms with Crippen molar-refractivity contribution in [3.63, 3.8) is 0 Å². The lowest BCUT2D eigenvalue weighted by atomic mass is 10.3. The highest BCUT2D eigenvalue weighted by molar-refractivity contribution is 5.76. The fourth-order valence-corrected chi connectivity index (χ4v) is 2.96. The summed E-state index contributed by atoms with van der Waals surface area (Å²) in [6.45, 7) is 3.07. The molecule has 0 aromatic carbocycles. The Balaban J connectivity index is 1.31. The molecule has 0 aliphatic carbocycles. The van der Waals surface area contributed by atoms with Crippen molar-refractivity contribution in [1.29, 1.82) is 0 Å². The van der Waals surface area contributed by atoms with Crippen molar-refractivity contribution in [2.45, 2.75) is 6.54 Å². The zero-order chi connectivity index (χ0) is 18.5. The summed E-state index contributed by atoms with van der Waals surface area (Å²) in [6.07, 6.45) is 6.93. The Labute approximate surface area is 156 Å². The molecular formula is C18H20N8O. The second-order valence-electron chi connectivity index (χ2n) is 6.21. The second-order valence-corrected chi connectivity index (χ2v) is 6.21. The number of rotatable bonds is 5. The van der Waals surface area contributed by atoms with E-state index < -0.39 is 0 Å². The first kappa shape index (κ1) is 17.0. The van der Waals surface area contributed by atoms with Crippen LogP contribution in [0.2, 0.25) is 0 Å². The van der Waals surface area contributed by atoms with E-state index in [2.05, 4.69) is 30.5 Å². The molecule has 0 unspecified atom stereocenters. The Morgan fingerprint density at radius 3 is 2.59 bits per heavy atom. The summed E-state index contributed by atoms with van der Waals surface area (Å²) < 4.78 is 1.65. The summed E-state index contributed by atoms with van der Waals surface area (Å²) in [7, 11) is 0. The minimum Gasteiger partial charge on any atom is -0.352 e. The number of pyridine rings is 1. The van der Waals surface area contributed by atoms with E-state index in [-0.39, 0.29) is 12.5 Å². The van der Waals surface area contributed by atoms with Gasteiger partial charge >= 0.3 is 0 Å². The van der Waals surface area contributed by atoms with Gasteiger partial charge in [0.25, 0.3) is 0 Å². The summed E-state index contributed by atoms with van der Waals surface area (Å²) in [6, 6.07) is 9.42. The number of amides is 1. The average Bonchev–Trinajstić information content (AvgIpc) is 3.22. The van der Waals surface area contributed by atoms with Crippen LogP contribution in [-0.4, -0.2) is 61.9 Å². The third-order valence-corrected chi connectivity index (χ3v) is 4.40. The van der Waals surface area contributed by atoms with Crippen molar-refractivity contribution in [2.24, 2.45) is 0 Å². The Kier molecular flexibility index (Phi) is 4.91. The number of carbonyl (C=O) groups is 1. The van der Waals surface area contributed by atoms with Gasteiger partial charge < -0.3 is 15.1 Å². The first-order valence-electron chi connectivity index (χ1n) is 8.79. The fourth-order valence-electron chi connectivity index (χ4n) is 2.96. The molecule has 4 rings (SSSR count). The van der Waals surface area contributed by atoms with Crippen molar-refractivity contribution in [2.75, 3.05) is 36.4 Å². The van der Waals surface area contributed by atoms with Gasteiger partial charge in [-0.25, -0.2) is 0 Å². The zero-order valence-corrected chi connectivity index (χ0v) is 14.8. The lowest BCUT2D eigenvalue weighted by Gasteiger charge is -2.35. The van der Waals surface area contributed by atoms with Gasteiger partial charge in [0.15, 0.2) is 11.6 Å². The van der Waals surface area contributed by atoms with E-state index in [1.54, 1.807) is 29.5 Å². The molecule has 3 aromatic heterocycles. The van der Waals surface area contributed by atoms with Crippen LogP contribution < -0.4 is 10.2 Å². The SMILES string of the molecule is O=C(Cn1cccn1)N1CCN(c2ccc(Nc3cccnc3)nn2)CC1. The third kappa shape index (κ3) is 4.20. The molecule has 0 radical (unpaired) electrons. The molecule has 3 aromatic rings. The van der Waals surface area contributed by atoms with Gasteiger partial charge in [0.1, 0.15) is 6.54 Å². The van der Waals surface area contributed by atoms with Crippen LogP contribution in [0.3, 0.4) is 0 Å². The van der Waals surface area contributed by atoms with Crippen molar-refractivity contribution in [3.05, 3.63) is 55.1 Å². The van der Waals surface area contributed by atoms with E-state index in [9.17, 15) is 4.79 Å². The van der Waals surface area contributed by atoms with Crippen LogP contribution >= 0.6 is 0 Å². The van der Waals surface area contributed by atoms with Crippen molar-refractivity contribution < 1.29 is 4.79 Å². The van der Waals surface area contributed by atoms with Crippen molar-refractivity contribution in [3.8, 4) is 0 Å². The van der Waals surface area contributed by atoms with Crippen LogP contribution in [-0.2, 0) is 11.3 Å². The maximum absolute atomic E-state index is 12.3. The smallest absolute Gasteiger partial charge is 0.244 e. The van der Waals surface area contributed by atoms with Crippen LogP contribution in [0.15, 0.2) is 55.1 Å². The fraction of sp³-hybridized carbons (Fsp3) is 0.278. The number of piperazine rings is 1. The van der Waals surface area contributed by atoms with Crippen LogP contribution in [0.5, 0.6) is 0 Å². The second kappa shape index (κ2) is 7.81. The molecular weight excluding hydrogens is 344 g/mol. The van der Waals surface area contributed by atoms with Gasteiger partial charge in [-0.1, -0.05) is 0 Å². The molecule has 0 bridgehead atoms. The molecule has 138 valence electrons. The summed E-state index contributed by atoms with van der Waals surface area (Å²) >= 11 is 0. The predicted octanol–water partition coefficient (Wildman–Crippen LogP) is 1.16. The van der Waals surface area contributed by atoms with E-state index in [1.807, 2.05) is 35.2 Å². The first-order chi connectivity index (χ1) is 13.3. The van der Waals surface area contributed by atoms with Gasteiger partial charge in [-0.05, 0) is 30.3 Å². The molecule has 27 heavy (non-hydrogen) atoms. The normalized spacial score (nSPS) is 14.2. The summed E-state index contributed by atoms with van der Waals surface area (Å²) in [5.74, 6) is 1.56. The molecule has 1 fully saturated rings. The highest BCUT2D eigenvalue weighted by atomic mass is 16.2. The van der Waals surface area contributed by atoms with Gasteiger partial charge in [-0.2, -0.15) is 5.10 Å². The number of hydrogen-bond donors (Lipinski definition) is 1. The molecule has 1 N–H and O–H groups in total. The highest BCUT2D eigenvalue weighted by Gasteiger charge is 2.22. The maximum atomic E-state index is 12.3. The highest BCUT2D eigenvalue weighted by Crippen LogP contribution is 2.17. The number of aromatic nitrogens is 5. The van der Waals surface area contributed by atoms with Gasteiger partial charge in [-0.3, -0.25) is 14.5 Å². The Morgan fingerprint density at radius 2 is 1.93 bits per heavy atom. The van der Waals surface area contributed by atoms with Gasteiger partial charge in [0, 0.05) is 44.8 Å². The van der Waals surface area contributed by atoms with E-state index >= 15 is 0 Å². The number of carbonyl (C=O) groups excluding carboxylic acids is 1. The van der Waals surface area contributed by atoms with E-state index in [4.69, 9.17) is 0 Å².